The summed E-state index contributed by atoms with van der Waals surface area (Å²) in [6.45, 7) is 7.38. The van der Waals surface area contributed by atoms with Crippen LogP contribution in [0.5, 0.6) is 0 Å². The highest BCUT2D eigenvalue weighted by Crippen LogP contribution is 2.20. The van der Waals surface area contributed by atoms with Crippen LogP contribution in [0.15, 0.2) is 0 Å². The molecule has 3 atom stereocenters. The third kappa shape index (κ3) is 7.82. The third-order valence-electron chi connectivity index (χ3n) is 3.38. The average Bonchev–Trinajstić information content (AvgIpc) is 2.30. The second kappa shape index (κ2) is 9.50. The predicted octanol–water partition coefficient (Wildman–Crippen LogP) is 1.27. The van der Waals surface area contributed by atoms with Crippen LogP contribution in [0.3, 0.4) is 0 Å². The van der Waals surface area contributed by atoms with E-state index in [0.717, 1.165) is 12.8 Å². The Hall–Kier alpha value is -0.420. The smallest absolute Gasteiger partial charge is 0.220 e. The van der Waals surface area contributed by atoms with Gasteiger partial charge in [0.2, 0.25) is 5.91 Å². The van der Waals surface area contributed by atoms with Crippen molar-refractivity contribution in [2.75, 3.05) is 19.3 Å². The lowest BCUT2D eigenvalue weighted by Gasteiger charge is -2.19. The minimum atomic E-state index is -0.881. The summed E-state index contributed by atoms with van der Waals surface area (Å²) in [5.74, 6) is 1.12. The van der Waals surface area contributed by atoms with Crippen molar-refractivity contribution in [3.8, 4) is 0 Å². The number of hydrogen-bond acceptors (Lipinski definition) is 3. The Bertz CT molecular complexity index is 270. The molecule has 3 N–H and O–H groups in total. The Morgan fingerprint density at radius 2 is 1.89 bits per heavy atom. The van der Waals surface area contributed by atoms with Crippen LogP contribution in [-0.4, -0.2) is 34.7 Å². The Kier molecular flexibility index (Phi) is 9.28. The molecule has 0 radical (unpaired) electrons. The number of amides is 1. The Labute approximate surface area is 114 Å². The largest absolute Gasteiger partial charge is 0.355 e. The van der Waals surface area contributed by atoms with Gasteiger partial charge in [-0.2, -0.15) is 0 Å². The number of nitrogens with one attached hydrogen (secondary N) is 1. The van der Waals surface area contributed by atoms with Gasteiger partial charge in [0.15, 0.2) is 0 Å². The van der Waals surface area contributed by atoms with Crippen molar-refractivity contribution < 1.29 is 9.00 Å². The number of carbonyl (C=O) groups excluding carboxylic acids is 1. The maximum absolute atomic E-state index is 11.7. The van der Waals surface area contributed by atoms with Gasteiger partial charge < -0.3 is 11.1 Å². The molecular formula is C13H28N2O2S. The zero-order chi connectivity index (χ0) is 14.1. The summed E-state index contributed by atoms with van der Waals surface area (Å²) in [5, 5.41) is 2.85. The topological polar surface area (TPSA) is 72.2 Å². The van der Waals surface area contributed by atoms with Crippen LogP contribution in [-0.2, 0) is 15.6 Å². The van der Waals surface area contributed by atoms with Crippen LogP contribution in [0, 0.1) is 11.8 Å². The van der Waals surface area contributed by atoms with Gasteiger partial charge in [0.25, 0.3) is 0 Å². The molecule has 4 nitrogen and oxygen atoms in total. The van der Waals surface area contributed by atoms with Crippen LogP contribution in [0.1, 0.15) is 40.0 Å². The molecular weight excluding hydrogens is 248 g/mol. The van der Waals surface area contributed by atoms with E-state index in [4.69, 9.17) is 5.73 Å². The third-order valence-corrected chi connectivity index (χ3v) is 4.68. The summed E-state index contributed by atoms with van der Waals surface area (Å²) < 4.78 is 11.1. The summed E-state index contributed by atoms with van der Waals surface area (Å²) in [6.07, 6.45) is 4.05. The lowest BCUT2D eigenvalue weighted by Crippen LogP contribution is -2.32. The van der Waals surface area contributed by atoms with E-state index >= 15 is 0 Å². The van der Waals surface area contributed by atoms with Gasteiger partial charge in [-0.05, 0) is 38.1 Å². The summed E-state index contributed by atoms with van der Waals surface area (Å²) in [5.41, 5.74) is 5.57. The van der Waals surface area contributed by atoms with Gasteiger partial charge in [-0.25, -0.2) is 0 Å². The van der Waals surface area contributed by atoms with Gasteiger partial charge in [-0.3, -0.25) is 9.00 Å². The monoisotopic (exact) mass is 276 g/mol. The van der Waals surface area contributed by atoms with Crippen molar-refractivity contribution in [2.24, 2.45) is 17.6 Å². The lowest BCUT2D eigenvalue weighted by molar-refractivity contribution is -0.121. The first-order chi connectivity index (χ1) is 8.38. The van der Waals surface area contributed by atoms with Crippen molar-refractivity contribution in [2.45, 2.75) is 45.3 Å². The van der Waals surface area contributed by atoms with Gasteiger partial charge in [-0.1, -0.05) is 13.8 Å². The van der Waals surface area contributed by atoms with E-state index in [1.807, 2.05) is 6.92 Å². The minimum absolute atomic E-state index is 0.0129. The Morgan fingerprint density at radius 1 is 1.28 bits per heavy atom. The summed E-state index contributed by atoms with van der Waals surface area (Å²) in [4.78, 5) is 11.7. The number of rotatable bonds is 9. The normalized spacial score (nSPS) is 16.3. The van der Waals surface area contributed by atoms with Crippen molar-refractivity contribution >= 4 is 16.7 Å². The van der Waals surface area contributed by atoms with Crippen molar-refractivity contribution in [3.63, 3.8) is 0 Å². The highest BCUT2D eigenvalue weighted by molar-refractivity contribution is 7.84. The first-order valence-electron chi connectivity index (χ1n) is 6.67. The zero-order valence-corrected chi connectivity index (χ0v) is 12.9. The molecule has 1 amide bonds. The molecule has 0 aromatic rings. The molecule has 108 valence electrons. The lowest BCUT2D eigenvalue weighted by atomic mass is 9.88. The average molecular weight is 276 g/mol. The standard InChI is InChI=1S/C13H28N2O2S/c1-10(2)12(7-8-14)5-6-13(16)15-9-11(3)18(4)17/h10-12H,5-9,14H2,1-4H3,(H,15,16). The number of nitrogens with two attached hydrogens (primary N) is 1. The highest BCUT2D eigenvalue weighted by Gasteiger charge is 2.15. The van der Waals surface area contributed by atoms with Crippen molar-refractivity contribution in [1.29, 1.82) is 0 Å². The van der Waals surface area contributed by atoms with E-state index in [2.05, 4.69) is 19.2 Å². The molecule has 5 heteroatoms. The van der Waals surface area contributed by atoms with Crippen LogP contribution < -0.4 is 11.1 Å². The van der Waals surface area contributed by atoms with Crippen molar-refractivity contribution in [3.05, 3.63) is 0 Å². The molecule has 0 saturated carbocycles. The number of carbonyl (C=O) groups is 1. The van der Waals surface area contributed by atoms with E-state index in [1.165, 1.54) is 0 Å². The fourth-order valence-electron chi connectivity index (χ4n) is 1.80. The van der Waals surface area contributed by atoms with E-state index in [9.17, 15) is 9.00 Å². The first-order valence-corrected chi connectivity index (χ1v) is 8.29. The van der Waals surface area contributed by atoms with Gasteiger partial charge in [-0.15, -0.1) is 0 Å². The molecule has 0 bridgehead atoms. The zero-order valence-electron chi connectivity index (χ0n) is 12.1. The molecule has 0 heterocycles. The Morgan fingerprint density at radius 3 is 2.33 bits per heavy atom. The Balaban J connectivity index is 3.90. The van der Waals surface area contributed by atoms with Crippen LogP contribution in [0.25, 0.3) is 0 Å². The molecule has 0 rings (SSSR count). The maximum atomic E-state index is 11.7. The van der Waals surface area contributed by atoms with Crippen LogP contribution in [0.2, 0.25) is 0 Å². The fourth-order valence-corrected chi connectivity index (χ4v) is 2.12. The number of hydrogen-bond donors (Lipinski definition) is 2. The minimum Gasteiger partial charge on any atom is -0.355 e. The SMILES string of the molecule is CC(C)C(CCN)CCC(=O)NCC(C)S(C)=O. The second-order valence-electron chi connectivity index (χ2n) is 5.23. The van der Waals surface area contributed by atoms with Crippen LogP contribution >= 0.6 is 0 Å². The van der Waals surface area contributed by atoms with E-state index < -0.39 is 10.8 Å². The fraction of sp³-hybridized carbons (Fsp3) is 0.923. The predicted molar refractivity (Wildman–Crippen MR) is 77.8 cm³/mol. The molecule has 0 spiro atoms. The molecule has 0 aliphatic carbocycles. The van der Waals surface area contributed by atoms with Crippen molar-refractivity contribution in [1.82, 2.24) is 5.32 Å². The van der Waals surface area contributed by atoms with Gasteiger partial charge in [0, 0.05) is 35.3 Å². The van der Waals surface area contributed by atoms with Gasteiger partial charge >= 0.3 is 0 Å². The van der Waals surface area contributed by atoms with Gasteiger partial charge in [0.05, 0.1) is 0 Å². The maximum Gasteiger partial charge on any atom is 0.220 e. The molecule has 0 aliphatic rings. The van der Waals surface area contributed by atoms with E-state index in [0.29, 0.717) is 31.3 Å². The molecule has 0 aromatic carbocycles. The summed E-state index contributed by atoms with van der Waals surface area (Å²) in [7, 11) is -0.881. The first kappa shape index (κ1) is 17.6. The summed E-state index contributed by atoms with van der Waals surface area (Å²) >= 11 is 0. The molecule has 0 saturated heterocycles. The second-order valence-corrected chi connectivity index (χ2v) is 7.04. The molecule has 18 heavy (non-hydrogen) atoms. The quantitative estimate of drug-likeness (QED) is 0.666. The molecule has 0 aromatic heterocycles. The highest BCUT2D eigenvalue weighted by atomic mass is 32.2. The van der Waals surface area contributed by atoms with E-state index in [1.54, 1.807) is 6.26 Å². The summed E-state index contributed by atoms with van der Waals surface area (Å²) in [6, 6.07) is 0. The molecule has 3 unspecified atom stereocenters. The molecule has 0 fully saturated rings. The molecule has 0 aliphatic heterocycles. The van der Waals surface area contributed by atoms with E-state index in [-0.39, 0.29) is 11.2 Å². The van der Waals surface area contributed by atoms with Gasteiger partial charge in [0.1, 0.15) is 0 Å². The van der Waals surface area contributed by atoms with Crippen LogP contribution in [0.4, 0.5) is 0 Å².